The van der Waals surface area contributed by atoms with Crippen LogP contribution < -0.4 is 10.2 Å². The lowest BCUT2D eigenvalue weighted by molar-refractivity contribution is -0.170. The van der Waals surface area contributed by atoms with Crippen LogP contribution in [-0.2, 0) is 5.92 Å². The molecule has 0 bridgehead atoms. The Balaban J connectivity index is 1.67. The number of fused-ring (bicyclic) bond motifs is 1. The smallest absolute Gasteiger partial charge is 0.303 e. The molecule has 33 heavy (non-hydrogen) atoms. The maximum Gasteiger partial charge on any atom is 0.303 e. The molecule has 5 nitrogen and oxygen atoms in total. The lowest BCUT2D eigenvalue weighted by atomic mass is 9.91. The standard InChI is InChI=1S/C24H28F4N4O/c1-13(17-6-5-7-19(20(17)26)24(27,28)23(3,4)33)30-22-18-10-16(32-9-8-15(25)12-32)11-29-21(18)14(2)31-22/h5-7,10-11,13,15,30-31,33H,8-9,12H2,1-4H3/t13-,15-/m1/s1. The number of alkyl halides is 3. The number of aliphatic hydroxyl groups is 1. The van der Waals surface area contributed by atoms with Crippen molar-refractivity contribution in [1.29, 1.82) is 0 Å². The van der Waals surface area contributed by atoms with Crippen LogP contribution in [0.15, 0.2) is 30.5 Å². The van der Waals surface area contributed by atoms with Gasteiger partial charge in [0.1, 0.15) is 23.4 Å². The van der Waals surface area contributed by atoms with E-state index in [2.05, 4.69) is 15.3 Å². The Labute approximate surface area is 189 Å². The summed E-state index contributed by atoms with van der Waals surface area (Å²) in [6.45, 7) is 6.32. The Morgan fingerprint density at radius 2 is 2.03 bits per heavy atom. The van der Waals surface area contributed by atoms with Crippen LogP contribution in [0.2, 0.25) is 0 Å². The molecule has 1 aliphatic heterocycles. The van der Waals surface area contributed by atoms with Gasteiger partial charge in [-0.1, -0.05) is 12.1 Å². The first-order valence-electron chi connectivity index (χ1n) is 10.9. The molecule has 3 aromatic rings. The van der Waals surface area contributed by atoms with E-state index in [1.54, 1.807) is 13.1 Å². The van der Waals surface area contributed by atoms with Crippen molar-refractivity contribution >= 4 is 22.4 Å². The van der Waals surface area contributed by atoms with Gasteiger partial charge in [-0.05, 0) is 46.2 Å². The highest BCUT2D eigenvalue weighted by atomic mass is 19.3. The summed E-state index contributed by atoms with van der Waals surface area (Å²) in [4.78, 5) is 9.62. The third-order valence-corrected chi connectivity index (χ3v) is 6.27. The molecule has 1 aromatic carbocycles. The van der Waals surface area contributed by atoms with Crippen molar-refractivity contribution < 1.29 is 22.7 Å². The molecule has 1 fully saturated rings. The maximum atomic E-state index is 15.2. The molecule has 178 valence electrons. The van der Waals surface area contributed by atoms with Crippen LogP contribution in [0.25, 0.3) is 10.9 Å². The molecule has 2 atom stereocenters. The fourth-order valence-electron chi connectivity index (χ4n) is 4.25. The van der Waals surface area contributed by atoms with Gasteiger partial charge >= 0.3 is 5.92 Å². The minimum Gasteiger partial charge on any atom is -0.384 e. The summed E-state index contributed by atoms with van der Waals surface area (Å²) in [6.07, 6.45) is 1.30. The predicted octanol–water partition coefficient (Wildman–Crippen LogP) is 5.59. The van der Waals surface area contributed by atoms with Crippen LogP contribution >= 0.6 is 0 Å². The molecule has 3 N–H and O–H groups in total. The zero-order chi connectivity index (χ0) is 24.1. The Hall–Kier alpha value is -2.81. The minimum absolute atomic E-state index is 0.0424. The average Bonchev–Trinajstić information content (AvgIpc) is 3.30. The fourth-order valence-corrected chi connectivity index (χ4v) is 4.25. The minimum atomic E-state index is -3.77. The van der Waals surface area contributed by atoms with E-state index in [0.29, 0.717) is 30.8 Å². The molecular weight excluding hydrogens is 436 g/mol. The van der Waals surface area contributed by atoms with E-state index in [-0.39, 0.29) is 5.56 Å². The van der Waals surface area contributed by atoms with E-state index >= 15 is 4.39 Å². The van der Waals surface area contributed by atoms with E-state index < -0.39 is 35.1 Å². The average molecular weight is 465 g/mol. The number of aryl methyl sites for hydroxylation is 1. The molecule has 3 heterocycles. The number of halogens is 4. The summed E-state index contributed by atoms with van der Waals surface area (Å²) < 4.78 is 58.2. The molecule has 9 heteroatoms. The number of hydrogen-bond acceptors (Lipinski definition) is 4. The number of pyridine rings is 1. The normalized spacial score (nSPS) is 18.2. The number of benzene rings is 1. The summed E-state index contributed by atoms with van der Waals surface area (Å²) in [5, 5.41) is 13.8. The summed E-state index contributed by atoms with van der Waals surface area (Å²) in [5.41, 5.74) is -0.943. The van der Waals surface area contributed by atoms with Gasteiger partial charge in [0.05, 0.1) is 29.0 Å². The highest BCUT2D eigenvalue weighted by Crippen LogP contribution is 2.41. The number of H-pyrrole nitrogens is 1. The van der Waals surface area contributed by atoms with Crippen LogP contribution in [0.4, 0.5) is 29.1 Å². The van der Waals surface area contributed by atoms with Crippen molar-refractivity contribution in [2.24, 2.45) is 0 Å². The largest absolute Gasteiger partial charge is 0.384 e. The van der Waals surface area contributed by atoms with Crippen molar-refractivity contribution in [2.45, 2.75) is 57.9 Å². The van der Waals surface area contributed by atoms with E-state index in [1.807, 2.05) is 17.9 Å². The van der Waals surface area contributed by atoms with Crippen molar-refractivity contribution in [3.05, 3.63) is 53.1 Å². The van der Waals surface area contributed by atoms with Gasteiger partial charge in [-0.3, -0.25) is 4.98 Å². The highest BCUT2D eigenvalue weighted by molar-refractivity contribution is 5.94. The molecule has 0 aliphatic carbocycles. The first kappa shape index (κ1) is 23.4. The van der Waals surface area contributed by atoms with E-state index in [4.69, 9.17) is 0 Å². The van der Waals surface area contributed by atoms with Crippen LogP contribution in [0.5, 0.6) is 0 Å². The Morgan fingerprint density at radius 3 is 2.67 bits per heavy atom. The number of nitrogens with zero attached hydrogens (tertiary/aromatic N) is 2. The molecule has 0 amide bonds. The third-order valence-electron chi connectivity index (χ3n) is 6.27. The number of hydrogen-bond donors (Lipinski definition) is 3. The second-order valence-corrected chi connectivity index (χ2v) is 9.25. The number of aromatic amines is 1. The first-order chi connectivity index (χ1) is 15.4. The zero-order valence-corrected chi connectivity index (χ0v) is 19.0. The predicted molar refractivity (Wildman–Crippen MR) is 121 cm³/mol. The van der Waals surface area contributed by atoms with Crippen LogP contribution in [0, 0.1) is 12.7 Å². The van der Waals surface area contributed by atoms with Gasteiger partial charge in [0.25, 0.3) is 0 Å². The number of rotatable bonds is 6. The van der Waals surface area contributed by atoms with Crippen molar-refractivity contribution in [3.8, 4) is 0 Å². The van der Waals surface area contributed by atoms with Gasteiger partial charge in [0.2, 0.25) is 0 Å². The van der Waals surface area contributed by atoms with Gasteiger partial charge in [0.15, 0.2) is 0 Å². The monoisotopic (exact) mass is 464 g/mol. The van der Waals surface area contributed by atoms with Gasteiger partial charge in [-0.25, -0.2) is 8.78 Å². The zero-order valence-electron chi connectivity index (χ0n) is 19.0. The Morgan fingerprint density at radius 1 is 1.30 bits per heavy atom. The van der Waals surface area contributed by atoms with Crippen LogP contribution in [0.1, 0.15) is 50.1 Å². The first-order valence-corrected chi connectivity index (χ1v) is 10.9. The second kappa shape index (κ2) is 8.20. The Bertz CT molecular complexity index is 1170. The summed E-state index contributed by atoms with van der Waals surface area (Å²) >= 11 is 0. The molecule has 0 unspecified atom stereocenters. The lowest BCUT2D eigenvalue weighted by Crippen LogP contribution is -2.41. The fraction of sp³-hybridized carbons (Fsp3) is 0.458. The van der Waals surface area contributed by atoms with Gasteiger partial charge in [-0.15, -0.1) is 0 Å². The summed E-state index contributed by atoms with van der Waals surface area (Å²) in [6, 6.07) is 5.00. The molecule has 0 spiro atoms. The van der Waals surface area contributed by atoms with E-state index in [1.165, 1.54) is 12.1 Å². The quantitative estimate of drug-likeness (QED) is 0.416. The molecule has 1 saturated heterocycles. The van der Waals surface area contributed by atoms with Crippen molar-refractivity contribution in [1.82, 2.24) is 9.97 Å². The maximum absolute atomic E-state index is 15.2. The van der Waals surface area contributed by atoms with Gasteiger partial charge < -0.3 is 20.3 Å². The van der Waals surface area contributed by atoms with Gasteiger partial charge in [-0.2, -0.15) is 8.78 Å². The van der Waals surface area contributed by atoms with Gasteiger partial charge in [0, 0.05) is 29.7 Å². The highest BCUT2D eigenvalue weighted by Gasteiger charge is 2.49. The molecular formula is C24H28F4N4O. The molecule has 0 saturated carbocycles. The van der Waals surface area contributed by atoms with Crippen LogP contribution in [-0.4, -0.2) is 39.9 Å². The second-order valence-electron chi connectivity index (χ2n) is 9.25. The topological polar surface area (TPSA) is 64.2 Å². The summed E-state index contributed by atoms with van der Waals surface area (Å²) in [7, 11) is 0. The lowest BCUT2D eigenvalue weighted by Gasteiger charge is -2.30. The number of nitrogens with one attached hydrogen (secondary N) is 2. The summed E-state index contributed by atoms with van der Waals surface area (Å²) in [5.74, 6) is -4.27. The number of aromatic nitrogens is 2. The number of anilines is 2. The van der Waals surface area contributed by atoms with E-state index in [0.717, 1.165) is 36.7 Å². The van der Waals surface area contributed by atoms with Crippen molar-refractivity contribution in [3.63, 3.8) is 0 Å². The Kier molecular flexibility index (Phi) is 5.80. The molecule has 4 rings (SSSR count). The van der Waals surface area contributed by atoms with E-state index in [9.17, 15) is 18.3 Å². The third kappa shape index (κ3) is 4.14. The van der Waals surface area contributed by atoms with Crippen LogP contribution in [0.3, 0.4) is 0 Å². The SMILES string of the molecule is Cc1[nH]c(N[C@H](C)c2cccc(C(F)(F)C(C)(C)O)c2F)c2cc(N3CC[C@@H](F)C3)cnc12. The molecule has 1 aliphatic rings. The van der Waals surface area contributed by atoms with Crippen molar-refractivity contribution in [2.75, 3.05) is 23.3 Å². The molecule has 0 radical (unpaired) electrons. The molecule has 2 aromatic heterocycles.